The molecule has 7 heteroatoms. The average molecular weight is 299 g/mol. The SMILES string of the molecule is CCOC(=O)CCS(=O)(=O)NCC(=O)c1ccccc1. The van der Waals surface area contributed by atoms with Crippen LogP contribution in [0.1, 0.15) is 23.7 Å². The highest BCUT2D eigenvalue weighted by molar-refractivity contribution is 7.89. The average Bonchev–Trinajstić information content (AvgIpc) is 2.44. The van der Waals surface area contributed by atoms with E-state index in [1.165, 1.54) is 0 Å². The van der Waals surface area contributed by atoms with Crippen molar-refractivity contribution >= 4 is 21.8 Å². The number of Topliss-reactive ketones (excluding diaryl/α,β-unsaturated/α-hetero) is 1. The zero-order valence-corrected chi connectivity index (χ0v) is 12.0. The van der Waals surface area contributed by atoms with Gasteiger partial charge >= 0.3 is 5.97 Å². The lowest BCUT2D eigenvalue weighted by atomic mass is 10.1. The Morgan fingerprint density at radius 1 is 1.20 bits per heavy atom. The van der Waals surface area contributed by atoms with Gasteiger partial charge in [0.15, 0.2) is 5.78 Å². The van der Waals surface area contributed by atoms with Crippen molar-refractivity contribution in [1.82, 2.24) is 4.72 Å². The standard InChI is InChI=1S/C13H17NO5S/c1-2-19-13(16)8-9-20(17,18)14-10-12(15)11-6-4-3-5-7-11/h3-7,14H,2,8-10H2,1H3. The summed E-state index contributed by atoms with van der Waals surface area (Å²) in [5.74, 6) is -1.30. The lowest BCUT2D eigenvalue weighted by Gasteiger charge is -2.06. The number of carbonyl (C=O) groups excluding carboxylic acids is 2. The molecule has 0 aliphatic carbocycles. The van der Waals surface area contributed by atoms with Gasteiger partial charge in [-0.3, -0.25) is 9.59 Å². The monoisotopic (exact) mass is 299 g/mol. The summed E-state index contributed by atoms with van der Waals surface area (Å²) >= 11 is 0. The highest BCUT2D eigenvalue weighted by Crippen LogP contribution is 2.00. The molecule has 6 nitrogen and oxygen atoms in total. The first-order chi connectivity index (χ1) is 9.44. The minimum atomic E-state index is -3.67. The molecule has 0 aliphatic heterocycles. The van der Waals surface area contributed by atoms with Gasteiger partial charge in [0.05, 0.1) is 25.3 Å². The van der Waals surface area contributed by atoms with Crippen molar-refractivity contribution in [2.24, 2.45) is 0 Å². The molecular formula is C13H17NO5S. The summed E-state index contributed by atoms with van der Waals surface area (Å²) < 4.78 is 30.0. The lowest BCUT2D eigenvalue weighted by Crippen LogP contribution is -2.32. The number of rotatable bonds is 8. The van der Waals surface area contributed by atoms with Gasteiger partial charge in [0, 0.05) is 5.56 Å². The third-order valence-electron chi connectivity index (χ3n) is 2.43. The van der Waals surface area contributed by atoms with Crippen molar-refractivity contribution in [1.29, 1.82) is 0 Å². The Labute approximate surface area is 118 Å². The molecule has 0 radical (unpaired) electrons. The minimum absolute atomic E-state index is 0.207. The third-order valence-corrected chi connectivity index (χ3v) is 3.75. The zero-order valence-electron chi connectivity index (χ0n) is 11.2. The molecule has 1 rings (SSSR count). The first-order valence-corrected chi connectivity index (χ1v) is 7.81. The van der Waals surface area contributed by atoms with E-state index in [0.717, 1.165) is 0 Å². The van der Waals surface area contributed by atoms with E-state index in [4.69, 9.17) is 0 Å². The highest BCUT2D eigenvalue weighted by atomic mass is 32.2. The third kappa shape index (κ3) is 5.94. The fourth-order valence-electron chi connectivity index (χ4n) is 1.42. The molecule has 0 saturated heterocycles. The largest absolute Gasteiger partial charge is 0.466 e. The minimum Gasteiger partial charge on any atom is -0.466 e. The van der Waals surface area contributed by atoms with Crippen molar-refractivity contribution < 1.29 is 22.7 Å². The van der Waals surface area contributed by atoms with Crippen LogP contribution in [0.4, 0.5) is 0 Å². The van der Waals surface area contributed by atoms with Gasteiger partial charge in [-0.05, 0) is 6.92 Å². The predicted octanol–water partition coefficient (Wildman–Crippen LogP) is 0.742. The van der Waals surface area contributed by atoms with Crippen LogP contribution in [0.15, 0.2) is 30.3 Å². The van der Waals surface area contributed by atoms with Crippen LogP contribution in [0.3, 0.4) is 0 Å². The van der Waals surface area contributed by atoms with Crippen LogP contribution < -0.4 is 4.72 Å². The smallest absolute Gasteiger partial charge is 0.306 e. The van der Waals surface area contributed by atoms with Gasteiger partial charge in [0.25, 0.3) is 0 Å². The Kier molecular flexibility index (Phi) is 6.33. The molecule has 0 bridgehead atoms. The van der Waals surface area contributed by atoms with Crippen LogP contribution in [-0.4, -0.2) is 39.1 Å². The Bertz CT molecular complexity index is 553. The molecule has 1 aromatic rings. The van der Waals surface area contributed by atoms with Gasteiger partial charge in [-0.15, -0.1) is 0 Å². The first kappa shape index (κ1) is 16.3. The summed E-state index contributed by atoms with van der Waals surface area (Å²) in [7, 11) is -3.67. The van der Waals surface area contributed by atoms with E-state index in [2.05, 4.69) is 9.46 Å². The van der Waals surface area contributed by atoms with Crippen LogP contribution in [0.2, 0.25) is 0 Å². The molecule has 0 fully saturated rings. The number of ketones is 1. The summed E-state index contributed by atoms with van der Waals surface area (Å²) in [6, 6.07) is 8.37. The van der Waals surface area contributed by atoms with E-state index in [1.807, 2.05) is 0 Å². The second-order valence-corrected chi connectivity index (χ2v) is 5.91. The van der Waals surface area contributed by atoms with Gasteiger partial charge in [0.1, 0.15) is 0 Å². The summed E-state index contributed by atoms with van der Waals surface area (Å²) in [6.07, 6.45) is -0.233. The van der Waals surface area contributed by atoms with Crippen molar-refractivity contribution in [3.05, 3.63) is 35.9 Å². The lowest BCUT2D eigenvalue weighted by molar-refractivity contribution is -0.142. The first-order valence-electron chi connectivity index (χ1n) is 6.16. The van der Waals surface area contributed by atoms with E-state index in [-0.39, 0.29) is 25.4 Å². The number of ether oxygens (including phenoxy) is 1. The predicted molar refractivity (Wildman–Crippen MR) is 73.8 cm³/mol. The van der Waals surface area contributed by atoms with Crippen molar-refractivity contribution in [2.45, 2.75) is 13.3 Å². The summed E-state index contributed by atoms with van der Waals surface area (Å²) in [5.41, 5.74) is 0.431. The topological polar surface area (TPSA) is 89.5 Å². The molecule has 1 N–H and O–H groups in total. The Balaban J connectivity index is 2.44. The molecule has 0 spiro atoms. The highest BCUT2D eigenvalue weighted by Gasteiger charge is 2.15. The van der Waals surface area contributed by atoms with Gasteiger partial charge in [0.2, 0.25) is 10.0 Å². The molecule has 0 heterocycles. The number of benzene rings is 1. The van der Waals surface area contributed by atoms with Crippen LogP contribution in [0, 0.1) is 0 Å². The summed E-state index contributed by atoms with van der Waals surface area (Å²) in [6.45, 7) is 1.52. The number of hydrogen-bond acceptors (Lipinski definition) is 5. The summed E-state index contributed by atoms with van der Waals surface area (Å²) in [4.78, 5) is 22.8. The second kappa shape index (κ2) is 7.76. The molecule has 0 saturated carbocycles. The molecule has 0 amide bonds. The molecule has 110 valence electrons. The molecule has 1 aromatic carbocycles. The molecular weight excluding hydrogens is 282 g/mol. The molecule has 20 heavy (non-hydrogen) atoms. The van der Waals surface area contributed by atoms with Crippen LogP contribution >= 0.6 is 0 Å². The van der Waals surface area contributed by atoms with Crippen molar-refractivity contribution in [3.8, 4) is 0 Å². The van der Waals surface area contributed by atoms with E-state index < -0.39 is 21.7 Å². The van der Waals surface area contributed by atoms with Crippen molar-refractivity contribution in [2.75, 3.05) is 18.9 Å². The van der Waals surface area contributed by atoms with E-state index >= 15 is 0 Å². The maximum Gasteiger partial charge on any atom is 0.306 e. The van der Waals surface area contributed by atoms with Gasteiger partial charge in [-0.25, -0.2) is 13.1 Å². The van der Waals surface area contributed by atoms with Gasteiger partial charge in [-0.2, -0.15) is 0 Å². The van der Waals surface area contributed by atoms with E-state index in [9.17, 15) is 18.0 Å². The normalized spacial score (nSPS) is 11.1. The van der Waals surface area contributed by atoms with Gasteiger partial charge in [-0.1, -0.05) is 30.3 Å². The number of nitrogens with one attached hydrogen (secondary N) is 1. The van der Waals surface area contributed by atoms with E-state index in [1.54, 1.807) is 37.3 Å². The maximum absolute atomic E-state index is 11.7. The van der Waals surface area contributed by atoms with Crippen molar-refractivity contribution in [3.63, 3.8) is 0 Å². The van der Waals surface area contributed by atoms with Crippen LogP contribution in [0.25, 0.3) is 0 Å². The molecule has 0 aromatic heterocycles. The van der Waals surface area contributed by atoms with Crippen LogP contribution in [0.5, 0.6) is 0 Å². The van der Waals surface area contributed by atoms with Gasteiger partial charge < -0.3 is 4.74 Å². The number of sulfonamides is 1. The fraction of sp³-hybridized carbons (Fsp3) is 0.385. The molecule has 0 atom stereocenters. The summed E-state index contributed by atoms with van der Waals surface area (Å²) in [5, 5.41) is 0. The number of carbonyl (C=O) groups is 2. The Morgan fingerprint density at radius 3 is 2.45 bits per heavy atom. The van der Waals surface area contributed by atoms with Crippen LogP contribution in [-0.2, 0) is 19.6 Å². The maximum atomic E-state index is 11.7. The Hall–Kier alpha value is -1.73. The Morgan fingerprint density at radius 2 is 1.85 bits per heavy atom. The quantitative estimate of drug-likeness (QED) is 0.565. The fourth-order valence-corrected chi connectivity index (χ4v) is 2.36. The molecule has 0 aliphatic rings. The number of esters is 1. The second-order valence-electron chi connectivity index (χ2n) is 3.98. The molecule has 0 unspecified atom stereocenters. The van der Waals surface area contributed by atoms with E-state index in [0.29, 0.717) is 5.56 Å². The zero-order chi connectivity index (χ0) is 15.0. The number of hydrogen-bond donors (Lipinski definition) is 1.